The Hall–Kier alpha value is -3.31. The Kier molecular flexibility index (Phi) is 7.01. The van der Waals surface area contributed by atoms with Crippen molar-refractivity contribution in [2.45, 2.75) is 12.6 Å². The van der Waals surface area contributed by atoms with E-state index in [1.807, 2.05) is 48.5 Å². The van der Waals surface area contributed by atoms with Gasteiger partial charge in [-0.3, -0.25) is 9.69 Å². The Bertz CT molecular complexity index is 1120. The van der Waals surface area contributed by atoms with E-state index in [2.05, 4.69) is 25.7 Å². The first-order valence-corrected chi connectivity index (χ1v) is 12.7. The number of hydrogen-bond donors (Lipinski definition) is 0. The van der Waals surface area contributed by atoms with Crippen LogP contribution < -0.4 is 9.64 Å². The minimum Gasteiger partial charge on any atom is -0.497 e. The SMILES string of the molecule is COc1ccc(N2CCN(C(=O)ON3C(=O)C4CN(Cc5ccc(Br)cc5)CCN4C3=O)CC2)cc1. The zero-order chi connectivity index (χ0) is 25.2. The van der Waals surface area contributed by atoms with Crippen molar-refractivity contribution in [1.82, 2.24) is 19.8 Å². The largest absolute Gasteiger partial charge is 0.497 e. The van der Waals surface area contributed by atoms with Crippen molar-refractivity contribution >= 4 is 39.6 Å². The van der Waals surface area contributed by atoms with Crippen LogP contribution in [-0.4, -0.2) is 96.8 Å². The second-order valence-corrected chi connectivity index (χ2v) is 9.93. The minimum atomic E-state index is -0.683. The van der Waals surface area contributed by atoms with Crippen LogP contribution in [0.1, 0.15) is 5.56 Å². The summed E-state index contributed by atoms with van der Waals surface area (Å²) in [6, 6.07) is 14.5. The monoisotopic (exact) mass is 557 g/mol. The van der Waals surface area contributed by atoms with E-state index in [1.54, 1.807) is 7.11 Å². The normalized spacial score (nSPS) is 20.6. The molecule has 1 unspecified atom stereocenters. The van der Waals surface area contributed by atoms with Gasteiger partial charge in [-0.1, -0.05) is 33.1 Å². The molecule has 36 heavy (non-hydrogen) atoms. The lowest BCUT2D eigenvalue weighted by atomic mass is 10.1. The summed E-state index contributed by atoms with van der Waals surface area (Å²) in [6.45, 7) is 4.20. The molecule has 1 atom stereocenters. The number of ether oxygens (including phenoxy) is 1. The molecule has 0 N–H and O–H groups in total. The van der Waals surface area contributed by atoms with Crippen LogP contribution in [0.4, 0.5) is 15.3 Å². The van der Waals surface area contributed by atoms with Gasteiger partial charge in [-0.25, -0.2) is 9.59 Å². The quantitative estimate of drug-likeness (QED) is 0.522. The molecule has 4 amide bonds. The first kappa shape index (κ1) is 24.4. The fourth-order valence-corrected chi connectivity index (χ4v) is 5.04. The molecule has 3 fully saturated rings. The van der Waals surface area contributed by atoms with E-state index >= 15 is 0 Å². The van der Waals surface area contributed by atoms with Gasteiger partial charge in [0.15, 0.2) is 0 Å². The van der Waals surface area contributed by atoms with E-state index in [0.29, 0.717) is 57.4 Å². The summed E-state index contributed by atoms with van der Waals surface area (Å²) < 4.78 is 6.21. The van der Waals surface area contributed by atoms with Crippen molar-refractivity contribution in [1.29, 1.82) is 0 Å². The third-order valence-corrected chi connectivity index (χ3v) is 7.36. The van der Waals surface area contributed by atoms with Crippen LogP contribution in [0.25, 0.3) is 0 Å². The predicted molar refractivity (Wildman–Crippen MR) is 135 cm³/mol. The van der Waals surface area contributed by atoms with Crippen LogP contribution in [0.15, 0.2) is 53.0 Å². The maximum absolute atomic E-state index is 13.0. The topological polar surface area (TPSA) is 85.9 Å². The third-order valence-electron chi connectivity index (χ3n) is 6.83. The number of rotatable bonds is 5. The van der Waals surface area contributed by atoms with Crippen LogP contribution in [0, 0.1) is 0 Å². The molecule has 0 aliphatic carbocycles. The highest BCUT2D eigenvalue weighted by molar-refractivity contribution is 9.10. The maximum atomic E-state index is 13.0. The second kappa shape index (κ2) is 10.4. The van der Waals surface area contributed by atoms with Gasteiger partial charge in [0.25, 0.3) is 5.91 Å². The zero-order valence-electron chi connectivity index (χ0n) is 20.0. The molecule has 2 aromatic carbocycles. The van der Waals surface area contributed by atoms with Crippen molar-refractivity contribution in [3.63, 3.8) is 0 Å². The van der Waals surface area contributed by atoms with Crippen molar-refractivity contribution in [3.05, 3.63) is 58.6 Å². The zero-order valence-corrected chi connectivity index (χ0v) is 21.6. The molecule has 0 bridgehead atoms. The third kappa shape index (κ3) is 4.98. The second-order valence-electron chi connectivity index (χ2n) is 9.02. The summed E-state index contributed by atoms with van der Waals surface area (Å²) in [5.41, 5.74) is 2.17. The van der Waals surface area contributed by atoms with Crippen molar-refractivity contribution in [2.75, 3.05) is 57.8 Å². The van der Waals surface area contributed by atoms with Gasteiger partial charge in [-0.2, -0.15) is 0 Å². The Balaban J connectivity index is 1.15. The van der Waals surface area contributed by atoms with Crippen LogP contribution in [0.5, 0.6) is 5.75 Å². The molecule has 2 aromatic rings. The number of piperazine rings is 2. The lowest BCUT2D eigenvalue weighted by molar-refractivity contribution is -0.152. The van der Waals surface area contributed by atoms with E-state index in [4.69, 9.17) is 9.57 Å². The predicted octanol–water partition coefficient (Wildman–Crippen LogP) is 2.78. The Morgan fingerprint density at radius 2 is 1.64 bits per heavy atom. The molecular formula is C25H28BrN5O5. The van der Waals surface area contributed by atoms with Gasteiger partial charge in [0.2, 0.25) is 0 Å². The number of anilines is 1. The average Bonchev–Trinajstić information content (AvgIpc) is 3.14. The lowest BCUT2D eigenvalue weighted by Gasteiger charge is -2.35. The number of methoxy groups -OCH3 is 1. The van der Waals surface area contributed by atoms with Gasteiger partial charge in [0, 0.05) is 62.5 Å². The average molecular weight is 558 g/mol. The first-order valence-electron chi connectivity index (χ1n) is 11.9. The molecular weight excluding hydrogens is 530 g/mol. The highest BCUT2D eigenvalue weighted by Gasteiger charge is 2.50. The molecule has 0 radical (unpaired) electrons. The number of benzene rings is 2. The van der Waals surface area contributed by atoms with Crippen molar-refractivity contribution in [2.24, 2.45) is 0 Å². The van der Waals surface area contributed by atoms with Crippen molar-refractivity contribution < 1.29 is 24.0 Å². The molecule has 3 heterocycles. The van der Waals surface area contributed by atoms with E-state index in [9.17, 15) is 14.4 Å². The fraction of sp³-hybridized carbons (Fsp3) is 0.400. The molecule has 11 heteroatoms. The van der Waals surface area contributed by atoms with Crippen LogP contribution >= 0.6 is 15.9 Å². The van der Waals surface area contributed by atoms with Gasteiger partial charge in [0.05, 0.1) is 7.11 Å². The van der Waals surface area contributed by atoms with E-state index in [0.717, 1.165) is 21.5 Å². The summed E-state index contributed by atoms with van der Waals surface area (Å²) in [5.74, 6) is 0.291. The number of nitrogens with zero attached hydrogens (tertiary/aromatic N) is 5. The van der Waals surface area contributed by atoms with Gasteiger partial charge in [0.1, 0.15) is 11.8 Å². The number of imide groups is 1. The molecule has 5 rings (SSSR count). The van der Waals surface area contributed by atoms with E-state index in [1.165, 1.54) is 9.80 Å². The molecule has 3 saturated heterocycles. The fourth-order valence-electron chi connectivity index (χ4n) is 4.78. The summed E-state index contributed by atoms with van der Waals surface area (Å²) >= 11 is 3.44. The van der Waals surface area contributed by atoms with E-state index in [-0.39, 0.29) is 0 Å². The summed E-state index contributed by atoms with van der Waals surface area (Å²) in [5, 5.41) is 0.645. The molecule has 0 spiro atoms. The standard InChI is InChI=1S/C25H28BrN5O5/c1-35-21-8-6-20(7-9-21)28-11-13-29(14-12-28)25(34)36-31-23(32)22-17-27(10-15-30(22)24(31)33)16-18-2-4-19(26)5-3-18/h2-9,22H,10-17H2,1H3. The lowest BCUT2D eigenvalue weighted by Crippen LogP contribution is -2.52. The van der Waals surface area contributed by atoms with Gasteiger partial charge in [-0.15, -0.1) is 0 Å². The van der Waals surface area contributed by atoms with E-state index < -0.39 is 24.1 Å². The molecule has 3 aliphatic heterocycles. The smallest absolute Gasteiger partial charge is 0.434 e. The number of hydrogen-bond acceptors (Lipinski definition) is 7. The van der Waals surface area contributed by atoms with Crippen LogP contribution in [0.2, 0.25) is 0 Å². The van der Waals surface area contributed by atoms with Gasteiger partial charge >= 0.3 is 12.1 Å². The van der Waals surface area contributed by atoms with Gasteiger partial charge in [-0.05, 0) is 42.0 Å². The van der Waals surface area contributed by atoms with Gasteiger partial charge < -0.3 is 24.3 Å². The molecule has 190 valence electrons. The number of fused-ring (bicyclic) bond motifs is 1. The Morgan fingerprint density at radius 3 is 2.31 bits per heavy atom. The Morgan fingerprint density at radius 1 is 0.944 bits per heavy atom. The van der Waals surface area contributed by atoms with Crippen LogP contribution in [-0.2, 0) is 16.2 Å². The molecule has 3 aliphatic rings. The number of carbonyl (C=O) groups is 3. The maximum Gasteiger partial charge on any atom is 0.434 e. The number of carbonyl (C=O) groups excluding carboxylic acids is 3. The number of urea groups is 1. The molecule has 0 saturated carbocycles. The van der Waals surface area contributed by atoms with Crippen molar-refractivity contribution in [3.8, 4) is 5.75 Å². The number of halogens is 1. The minimum absolute atomic E-state index is 0.398. The highest BCUT2D eigenvalue weighted by Crippen LogP contribution is 2.25. The first-order chi connectivity index (χ1) is 17.4. The molecule has 10 nitrogen and oxygen atoms in total. The highest BCUT2D eigenvalue weighted by atomic mass is 79.9. The summed E-state index contributed by atoms with van der Waals surface area (Å²) in [6.07, 6.45) is -0.683. The van der Waals surface area contributed by atoms with Crippen LogP contribution in [0.3, 0.4) is 0 Å². The molecule has 0 aromatic heterocycles. The summed E-state index contributed by atoms with van der Waals surface area (Å²) in [7, 11) is 1.63. The number of hydroxylamine groups is 2. The summed E-state index contributed by atoms with van der Waals surface area (Å²) in [4.78, 5) is 51.3. The number of amides is 4. The Labute approximate surface area is 218 Å².